The van der Waals surface area contributed by atoms with Crippen molar-refractivity contribution in [3.8, 4) is 0 Å². The Kier molecular flexibility index (Phi) is 20.8. The molecule has 0 aliphatic heterocycles. The normalized spacial score (nSPS) is 12.2. The molecule has 302 valence electrons. The third-order valence-corrected chi connectivity index (χ3v) is 9.05. The minimum absolute atomic E-state index is 0.0277. The number of ketones is 1. The van der Waals surface area contributed by atoms with Crippen LogP contribution in [0.15, 0.2) is 65.6 Å². The number of carbonyl (C=O) groups excluding carboxylic acids is 4. The third kappa shape index (κ3) is 19.0. The summed E-state index contributed by atoms with van der Waals surface area (Å²) < 4.78 is 37.0. The zero-order valence-corrected chi connectivity index (χ0v) is 35.1. The number of aryl methyl sites for hydroxylation is 1. The molecule has 2 N–H and O–H groups in total. The molecule has 3 aromatic rings. The van der Waals surface area contributed by atoms with Crippen LogP contribution in [0.5, 0.6) is 0 Å². The summed E-state index contributed by atoms with van der Waals surface area (Å²) in [6.07, 6.45) is 3.11. The largest absolute Gasteiger partial charge is 0.488 e. The smallest absolute Gasteiger partial charge is 0.460 e. The van der Waals surface area contributed by atoms with E-state index in [0.717, 1.165) is 23.3 Å². The Morgan fingerprint density at radius 2 is 1.15 bits per heavy atom. The Bertz CT molecular complexity index is 1700. The molecule has 3 rings (SSSR count). The second-order valence-corrected chi connectivity index (χ2v) is 16.5. The van der Waals surface area contributed by atoms with Gasteiger partial charge in [-0.3, -0.25) is 19.2 Å². The lowest BCUT2D eigenvalue weighted by Crippen LogP contribution is -2.32. The third-order valence-electron chi connectivity index (χ3n) is 8.00. The molecular weight excluding hydrogens is 725 g/mol. The van der Waals surface area contributed by atoms with Crippen molar-refractivity contribution in [2.75, 3.05) is 0 Å². The second kappa shape index (κ2) is 23.3. The first-order valence-corrected chi connectivity index (χ1v) is 19.4. The molecule has 0 unspecified atom stereocenters. The predicted octanol–water partition coefficient (Wildman–Crippen LogP) is 9.04. The van der Waals surface area contributed by atoms with Gasteiger partial charge < -0.3 is 19.5 Å². The number of hydrogen-bond donors (Lipinski definition) is 2. The Hall–Kier alpha value is -3.87. The Morgan fingerprint density at radius 3 is 1.60 bits per heavy atom. The molecule has 0 saturated carbocycles. The van der Waals surface area contributed by atoms with E-state index < -0.39 is 41.8 Å². The molecule has 0 aliphatic carbocycles. The number of rotatable bonds is 13. The van der Waals surface area contributed by atoms with Crippen molar-refractivity contribution in [2.24, 2.45) is 11.8 Å². The zero-order chi connectivity index (χ0) is 42.1. The summed E-state index contributed by atoms with van der Waals surface area (Å²) in [6, 6.07) is 16.5. The average Bonchev–Trinajstić information content (AvgIpc) is 3.06. The van der Waals surface area contributed by atoms with Crippen LogP contribution in [0.25, 0.3) is 0 Å². The van der Waals surface area contributed by atoms with E-state index in [-0.39, 0.29) is 46.7 Å². The van der Waals surface area contributed by atoms with Crippen LogP contribution in [0.2, 0.25) is 0 Å². The molecule has 0 spiro atoms. The fourth-order valence-corrected chi connectivity index (χ4v) is 6.17. The summed E-state index contributed by atoms with van der Waals surface area (Å²) >= 11 is 1.21. The van der Waals surface area contributed by atoms with E-state index in [9.17, 15) is 28.0 Å². The van der Waals surface area contributed by atoms with E-state index in [1.807, 2.05) is 65.8 Å². The van der Waals surface area contributed by atoms with Crippen LogP contribution in [0.1, 0.15) is 121 Å². The summed E-state index contributed by atoms with van der Waals surface area (Å²) in [6.45, 7) is 19.9. The molecule has 0 amide bonds. The number of hydrogen-bond acceptors (Lipinski definition) is 9. The van der Waals surface area contributed by atoms with Gasteiger partial charge in [0, 0.05) is 22.3 Å². The first-order chi connectivity index (χ1) is 25.5. The fourth-order valence-electron chi connectivity index (χ4n) is 5.30. The number of ether oxygens (including phenoxy) is 2. The van der Waals surface area contributed by atoms with Gasteiger partial charge in [0.15, 0.2) is 10.9 Å². The van der Waals surface area contributed by atoms with Crippen LogP contribution in [-0.4, -0.2) is 51.2 Å². The van der Waals surface area contributed by atoms with Crippen molar-refractivity contribution < 1.29 is 47.5 Å². The Balaban J connectivity index is 0.000000435. The van der Waals surface area contributed by atoms with E-state index in [4.69, 9.17) is 19.5 Å². The van der Waals surface area contributed by atoms with Crippen molar-refractivity contribution in [2.45, 2.75) is 131 Å². The van der Waals surface area contributed by atoms with E-state index in [1.54, 1.807) is 33.8 Å². The maximum absolute atomic E-state index is 13.6. The highest BCUT2D eigenvalue weighted by atomic mass is 32.2. The van der Waals surface area contributed by atoms with Crippen LogP contribution in [0.4, 0.5) is 8.78 Å². The average molecular weight is 785 g/mol. The molecule has 0 bridgehead atoms. The number of thioether (sulfide) groups is 1. The van der Waals surface area contributed by atoms with Gasteiger partial charge in [0.2, 0.25) is 0 Å². The highest BCUT2D eigenvalue weighted by Gasteiger charge is 2.28. The topological polar surface area (TPSA) is 127 Å². The number of Topliss-reactive ketones (excluding diaryl/α,β-unsaturated/α-hetero) is 1. The molecule has 3 aromatic carbocycles. The Labute approximate surface area is 330 Å². The van der Waals surface area contributed by atoms with E-state index in [0.29, 0.717) is 24.0 Å². The summed E-state index contributed by atoms with van der Waals surface area (Å²) in [5, 5.41) is 17.5. The second-order valence-electron chi connectivity index (χ2n) is 15.4. The highest BCUT2D eigenvalue weighted by molar-refractivity contribution is 8.13. The minimum atomic E-state index is -1.59. The first kappa shape index (κ1) is 49.2. The number of benzene rings is 3. The molecule has 0 heterocycles. The lowest BCUT2D eigenvalue weighted by Gasteiger charge is -2.22. The maximum Gasteiger partial charge on any atom is 0.488 e. The molecule has 0 saturated heterocycles. The van der Waals surface area contributed by atoms with Crippen molar-refractivity contribution in [1.29, 1.82) is 0 Å². The first-order valence-electron chi connectivity index (χ1n) is 18.6. The number of carbonyl (C=O) groups is 4. The van der Waals surface area contributed by atoms with Gasteiger partial charge in [-0.1, -0.05) is 80.4 Å². The van der Waals surface area contributed by atoms with Gasteiger partial charge in [0.25, 0.3) is 0 Å². The standard InChI is InChI=1S/C18H25FO3.C18H26O3S.C7H8BFO2/c1-6-8-13(11-16(20)22-18(3,4)5)17(21)14-9-7-10-15(19)12(14)2;1-6-7-14(12-16(19)21-18(3,4)5)17(20)22-15-10-8-13(2)9-11-15;1-5-6(8(10)11)3-2-4-7(5)9/h7,9-10,13H,6,8,11H2,1-5H3;8-11,14H,6-7,12H2,1-5H3;2-4,10-11H,1H3/t13-;14-;/m00./s1. The predicted molar refractivity (Wildman–Crippen MR) is 216 cm³/mol. The number of halogens is 2. The van der Waals surface area contributed by atoms with Gasteiger partial charge in [-0.15, -0.1) is 0 Å². The molecule has 12 heteroatoms. The van der Waals surface area contributed by atoms with E-state index >= 15 is 0 Å². The van der Waals surface area contributed by atoms with Crippen LogP contribution in [0, 0.1) is 44.2 Å². The van der Waals surface area contributed by atoms with Crippen LogP contribution >= 0.6 is 11.8 Å². The van der Waals surface area contributed by atoms with Crippen LogP contribution in [0.3, 0.4) is 0 Å². The van der Waals surface area contributed by atoms with Gasteiger partial charge in [-0.2, -0.15) is 0 Å². The van der Waals surface area contributed by atoms with Crippen LogP contribution in [-0.2, 0) is 23.9 Å². The van der Waals surface area contributed by atoms with Gasteiger partial charge in [0.1, 0.15) is 22.8 Å². The summed E-state index contributed by atoms with van der Waals surface area (Å²) in [7, 11) is -1.59. The van der Waals surface area contributed by atoms with Crippen molar-refractivity contribution in [1.82, 2.24) is 0 Å². The lowest BCUT2D eigenvalue weighted by atomic mass is 9.77. The quantitative estimate of drug-likeness (QED) is 0.0756. The van der Waals surface area contributed by atoms with E-state index in [2.05, 4.69) is 0 Å². The van der Waals surface area contributed by atoms with Gasteiger partial charge in [-0.25, -0.2) is 8.78 Å². The molecule has 0 aliphatic rings. The lowest BCUT2D eigenvalue weighted by molar-refractivity contribution is -0.157. The van der Waals surface area contributed by atoms with Gasteiger partial charge >= 0.3 is 19.1 Å². The molecule has 0 fully saturated rings. The molecule has 0 radical (unpaired) electrons. The van der Waals surface area contributed by atoms with Crippen molar-refractivity contribution in [3.05, 3.63) is 94.6 Å². The molecule has 55 heavy (non-hydrogen) atoms. The minimum Gasteiger partial charge on any atom is -0.460 e. The molecule has 8 nitrogen and oxygen atoms in total. The fraction of sp³-hybridized carbons (Fsp3) is 0.488. The maximum atomic E-state index is 13.6. The summed E-state index contributed by atoms with van der Waals surface area (Å²) in [5.41, 5.74) is 1.25. The zero-order valence-electron chi connectivity index (χ0n) is 34.3. The monoisotopic (exact) mass is 784 g/mol. The molecule has 0 aromatic heterocycles. The summed E-state index contributed by atoms with van der Waals surface area (Å²) in [4.78, 5) is 49.9. The molecular formula is C43H59BF2O8S. The van der Waals surface area contributed by atoms with Crippen molar-refractivity contribution in [3.63, 3.8) is 0 Å². The van der Waals surface area contributed by atoms with Crippen LogP contribution < -0.4 is 5.46 Å². The van der Waals surface area contributed by atoms with Gasteiger partial charge in [0.05, 0.1) is 12.8 Å². The highest BCUT2D eigenvalue weighted by Crippen LogP contribution is 2.28. The Morgan fingerprint density at radius 1 is 0.691 bits per heavy atom. The number of esters is 2. The molecule has 2 atom stereocenters. The van der Waals surface area contributed by atoms with E-state index in [1.165, 1.54) is 49.0 Å². The summed E-state index contributed by atoms with van der Waals surface area (Å²) in [5.74, 6) is -2.47. The SMILES string of the molecule is CCC[C@@H](CC(=O)OC(C)(C)C)C(=O)Sc1ccc(C)cc1.CCC[C@@H](CC(=O)OC(C)(C)C)C(=O)c1cccc(F)c1C.Cc1c(F)cccc1B(O)O. The van der Waals surface area contributed by atoms with Crippen molar-refractivity contribution >= 4 is 47.2 Å². The van der Waals surface area contributed by atoms with Gasteiger partial charge in [-0.05, 0) is 116 Å².